The molecule has 0 saturated carbocycles. The van der Waals surface area contributed by atoms with Crippen molar-refractivity contribution in [2.75, 3.05) is 31.5 Å². The summed E-state index contributed by atoms with van der Waals surface area (Å²) in [7, 11) is 0. The first-order valence-electron chi connectivity index (χ1n) is 9.40. The van der Waals surface area contributed by atoms with Crippen molar-refractivity contribution in [2.24, 2.45) is 0 Å². The van der Waals surface area contributed by atoms with Gasteiger partial charge in [0.1, 0.15) is 5.82 Å². The zero-order valence-electron chi connectivity index (χ0n) is 16.1. The molecule has 1 heterocycles. The minimum atomic E-state index is -0.0748. The van der Waals surface area contributed by atoms with Crippen LogP contribution in [0.3, 0.4) is 0 Å². The first kappa shape index (κ1) is 20.0. The minimum absolute atomic E-state index is 0.0748. The van der Waals surface area contributed by atoms with Crippen molar-refractivity contribution in [1.82, 2.24) is 20.2 Å². The van der Waals surface area contributed by atoms with E-state index in [0.29, 0.717) is 17.9 Å². The lowest BCUT2D eigenvalue weighted by Crippen LogP contribution is -2.34. The van der Waals surface area contributed by atoms with E-state index in [0.717, 1.165) is 36.2 Å². The summed E-state index contributed by atoms with van der Waals surface area (Å²) in [4.78, 5) is 23.1. The van der Waals surface area contributed by atoms with E-state index in [9.17, 15) is 4.79 Å². The molecule has 2 N–H and O–H groups in total. The molecule has 0 radical (unpaired) electrons. The normalized spacial score (nSPS) is 11.0. The lowest BCUT2D eigenvalue weighted by Gasteiger charge is -2.18. The van der Waals surface area contributed by atoms with E-state index in [-0.39, 0.29) is 11.2 Å². The number of amides is 1. The van der Waals surface area contributed by atoms with Crippen molar-refractivity contribution in [1.29, 1.82) is 0 Å². The monoisotopic (exact) mass is 397 g/mol. The van der Waals surface area contributed by atoms with Gasteiger partial charge in [-0.1, -0.05) is 26.0 Å². The highest BCUT2D eigenvalue weighted by Crippen LogP contribution is 2.25. The number of benzene rings is 2. The highest BCUT2D eigenvalue weighted by atomic mass is 35.5. The Labute approximate surface area is 169 Å². The average Bonchev–Trinajstić information content (AvgIpc) is 2.71. The summed E-state index contributed by atoms with van der Waals surface area (Å²) in [5.41, 5.74) is 2.21. The van der Waals surface area contributed by atoms with Crippen LogP contribution in [-0.4, -0.2) is 47.0 Å². The van der Waals surface area contributed by atoms with Crippen LogP contribution in [0.1, 0.15) is 24.2 Å². The third-order valence-corrected chi connectivity index (χ3v) is 4.76. The third-order valence-electron chi connectivity index (χ3n) is 4.59. The van der Waals surface area contributed by atoms with Gasteiger partial charge in [-0.15, -0.1) is 0 Å². The van der Waals surface area contributed by atoms with Crippen molar-refractivity contribution in [3.05, 3.63) is 59.4 Å². The molecule has 7 heteroatoms. The molecule has 1 aromatic heterocycles. The maximum absolute atomic E-state index is 12.3. The lowest BCUT2D eigenvalue weighted by molar-refractivity contribution is 0.0949. The van der Waals surface area contributed by atoms with E-state index in [4.69, 9.17) is 11.6 Å². The molecule has 0 atom stereocenters. The zero-order chi connectivity index (χ0) is 19.9. The molecular weight excluding hydrogens is 374 g/mol. The van der Waals surface area contributed by atoms with E-state index in [2.05, 4.69) is 39.3 Å². The molecule has 28 heavy (non-hydrogen) atoms. The first-order valence-corrected chi connectivity index (χ1v) is 9.78. The molecule has 0 fully saturated rings. The number of carbonyl (C=O) groups excluding carboxylic acids is 1. The first-order chi connectivity index (χ1) is 13.6. The highest BCUT2D eigenvalue weighted by molar-refractivity contribution is 6.28. The summed E-state index contributed by atoms with van der Waals surface area (Å²) in [5, 5.41) is 7.28. The Kier molecular flexibility index (Phi) is 6.79. The van der Waals surface area contributed by atoms with Crippen molar-refractivity contribution < 1.29 is 4.79 Å². The average molecular weight is 398 g/mol. The number of aromatic nitrogens is 2. The molecule has 0 saturated heterocycles. The molecule has 0 aliphatic heterocycles. The molecule has 0 unspecified atom stereocenters. The van der Waals surface area contributed by atoms with E-state index < -0.39 is 0 Å². The van der Waals surface area contributed by atoms with Crippen molar-refractivity contribution in [2.45, 2.75) is 13.8 Å². The van der Waals surface area contributed by atoms with Crippen LogP contribution in [0.5, 0.6) is 0 Å². The number of fused-ring (bicyclic) bond motifs is 1. The third kappa shape index (κ3) is 4.97. The number of halogens is 1. The standard InChI is InChI=1S/C21H24ClN5O/c1-3-27(4-2)14-13-23-20(28)15-9-11-16(12-10-15)24-19-17-7-5-6-8-18(17)25-21(22)26-19/h5-12H,3-4,13-14H2,1-2H3,(H,23,28)(H,24,25,26). The van der Waals surface area contributed by atoms with Crippen LogP contribution in [0.15, 0.2) is 48.5 Å². The summed E-state index contributed by atoms with van der Waals surface area (Å²) in [6.07, 6.45) is 0. The van der Waals surface area contributed by atoms with Crippen LogP contribution in [-0.2, 0) is 0 Å². The van der Waals surface area contributed by atoms with Gasteiger partial charge in [-0.25, -0.2) is 4.98 Å². The fraction of sp³-hybridized carbons (Fsp3) is 0.286. The van der Waals surface area contributed by atoms with E-state index in [1.54, 1.807) is 12.1 Å². The number of anilines is 2. The van der Waals surface area contributed by atoms with Gasteiger partial charge in [0.25, 0.3) is 5.91 Å². The van der Waals surface area contributed by atoms with Crippen LogP contribution in [0.25, 0.3) is 10.9 Å². The molecule has 0 aliphatic carbocycles. The van der Waals surface area contributed by atoms with E-state index in [1.807, 2.05) is 36.4 Å². The maximum Gasteiger partial charge on any atom is 0.251 e. The fourth-order valence-corrected chi connectivity index (χ4v) is 3.13. The number of nitrogens with zero attached hydrogens (tertiary/aromatic N) is 3. The van der Waals surface area contributed by atoms with E-state index >= 15 is 0 Å². The van der Waals surface area contributed by atoms with Crippen molar-refractivity contribution in [3.8, 4) is 0 Å². The molecular formula is C21H24ClN5O. The number of hydrogen-bond acceptors (Lipinski definition) is 5. The predicted molar refractivity (Wildman–Crippen MR) is 114 cm³/mol. The molecule has 1 amide bonds. The molecule has 0 aliphatic rings. The quantitative estimate of drug-likeness (QED) is 0.560. The van der Waals surface area contributed by atoms with Gasteiger partial charge < -0.3 is 15.5 Å². The van der Waals surface area contributed by atoms with Gasteiger partial charge >= 0.3 is 0 Å². The van der Waals surface area contributed by atoms with Gasteiger partial charge in [-0.3, -0.25) is 4.79 Å². The van der Waals surface area contributed by atoms with Gasteiger partial charge in [0.2, 0.25) is 5.28 Å². The summed E-state index contributed by atoms with van der Waals surface area (Å²) in [6, 6.07) is 14.9. The lowest BCUT2D eigenvalue weighted by atomic mass is 10.2. The van der Waals surface area contributed by atoms with E-state index in [1.165, 1.54) is 0 Å². The van der Waals surface area contributed by atoms with Gasteiger partial charge in [0.15, 0.2) is 0 Å². The van der Waals surface area contributed by atoms with Crippen LogP contribution < -0.4 is 10.6 Å². The summed E-state index contributed by atoms with van der Waals surface area (Å²) in [6.45, 7) is 7.67. The second-order valence-corrected chi connectivity index (χ2v) is 6.68. The number of hydrogen-bond donors (Lipinski definition) is 2. The highest BCUT2D eigenvalue weighted by Gasteiger charge is 2.09. The second-order valence-electron chi connectivity index (χ2n) is 6.34. The zero-order valence-corrected chi connectivity index (χ0v) is 16.8. The maximum atomic E-state index is 12.3. The Morgan fingerprint density at radius 1 is 1.04 bits per heavy atom. The molecule has 3 rings (SSSR count). The smallest absolute Gasteiger partial charge is 0.251 e. The van der Waals surface area contributed by atoms with Crippen molar-refractivity contribution in [3.63, 3.8) is 0 Å². The van der Waals surface area contributed by atoms with Crippen LogP contribution in [0.4, 0.5) is 11.5 Å². The van der Waals surface area contributed by atoms with Gasteiger partial charge in [-0.05, 0) is 61.1 Å². The van der Waals surface area contributed by atoms with Gasteiger partial charge in [0.05, 0.1) is 5.52 Å². The number of para-hydroxylation sites is 1. The number of nitrogens with one attached hydrogen (secondary N) is 2. The minimum Gasteiger partial charge on any atom is -0.351 e. The SMILES string of the molecule is CCN(CC)CCNC(=O)c1ccc(Nc2nc(Cl)nc3ccccc23)cc1. The molecule has 2 aromatic carbocycles. The topological polar surface area (TPSA) is 70.2 Å². The Morgan fingerprint density at radius 2 is 1.75 bits per heavy atom. The summed E-state index contributed by atoms with van der Waals surface area (Å²) < 4.78 is 0. The van der Waals surface area contributed by atoms with Crippen LogP contribution in [0.2, 0.25) is 5.28 Å². The Bertz CT molecular complexity index is 941. The predicted octanol–water partition coefficient (Wildman–Crippen LogP) is 4.10. The molecule has 0 bridgehead atoms. The Morgan fingerprint density at radius 3 is 2.46 bits per heavy atom. The largest absolute Gasteiger partial charge is 0.351 e. The van der Waals surface area contributed by atoms with Crippen molar-refractivity contribution >= 4 is 39.9 Å². The number of likely N-dealkylation sites (N-methyl/N-ethyl adjacent to an activating group) is 1. The molecule has 0 spiro atoms. The van der Waals surface area contributed by atoms with Crippen LogP contribution in [0, 0.1) is 0 Å². The van der Waals surface area contributed by atoms with Gasteiger partial charge in [-0.2, -0.15) is 4.98 Å². The molecule has 146 valence electrons. The Hall–Kier alpha value is -2.70. The molecule has 3 aromatic rings. The fourth-order valence-electron chi connectivity index (χ4n) is 2.95. The van der Waals surface area contributed by atoms with Gasteiger partial charge in [0, 0.05) is 29.7 Å². The second kappa shape index (κ2) is 9.48. The number of carbonyl (C=O) groups is 1. The summed E-state index contributed by atoms with van der Waals surface area (Å²) >= 11 is 6.03. The van der Waals surface area contributed by atoms with Crippen LogP contribution >= 0.6 is 11.6 Å². The number of rotatable bonds is 8. The molecule has 6 nitrogen and oxygen atoms in total. The Balaban J connectivity index is 1.66. The summed E-state index contributed by atoms with van der Waals surface area (Å²) in [5.74, 6) is 0.557.